The number of nitrogens with zero attached hydrogens (tertiary/aromatic N) is 2. The molecule has 0 radical (unpaired) electrons. The van der Waals surface area contributed by atoms with Crippen molar-refractivity contribution in [1.29, 1.82) is 0 Å². The third kappa shape index (κ3) is 1.83. The van der Waals surface area contributed by atoms with Crippen LogP contribution >= 0.6 is 15.9 Å². The van der Waals surface area contributed by atoms with E-state index in [9.17, 15) is 9.59 Å². The minimum absolute atomic E-state index is 0.356. The Morgan fingerprint density at radius 2 is 2.00 bits per heavy atom. The number of rotatable bonds is 1. The van der Waals surface area contributed by atoms with Crippen molar-refractivity contribution < 1.29 is 0 Å². The van der Waals surface area contributed by atoms with Gasteiger partial charge in [0.25, 0.3) is 5.56 Å². The Morgan fingerprint density at radius 1 is 1.35 bits per heavy atom. The van der Waals surface area contributed by atoms with Crippen LogP contribution in [0.1, 0.15) is 13.1 Å². The summed E-state index contributed by atoms with van der Waals surface area (Å²) in [6, 6.07) is 5.18. The van der Waals surface area contributed by atoms with Gasteiger partial charge in [0.1, 0.15) is 0 Å². The molecule has 0 saturated heterocycles. The number of benzene rings is 1. The lowest BCUT2D eigenvalue weighted by Crippen LogP contribution is -2.43. The van der Waals surface area contributed by atoms with Crippen molar-refractivity contribution in [2.75, 3.05) is 0 Å². The minimum atomic E-state index is -0.644. The molecule has 2 N–H and O–H groups in total. The Morgan fingerprint density at radius 3 is 2.59 bits per heavy atom. The second-order valence-corrected chi connectivity index (χ2v) is 4.83. The summed E-state index contributed by atoms with van der Waals surface area (Å²) in [5, 5.41) is 0.479. The number of nitrogens with two attached hydrogens (primary N) is 1. The van der Waals surface area contributed by atoms with E-state index in [-0.39, 0.29) is 5.56 Å². The number of halogens is 1. The lowest BCUT2D eigenvalue weighted by atomic mass is 10.2. The molecule has 0 bridgehead atoms. The van der Waals surface area contributed by atoms with E-state index in [1.54, 1.807) is 32.2 Å². The number of fused-ring (bicyclic) bond motifs is 1. The first-order chi connectivity index (χ1) is 7.93. The summed E-state index contributed by atoms with van der Waals surface area (Å²) in [6.45, 7) is 1.60. The molecule has 0 saturated carbocycles. The predicted molar refractivity (Wildman–Crippen MR) is 70.0 cm³/mol. The van der Waals surface area contributed by atoms with E-state index in [2.05, 4.69) is 15.9 Å². The molecule has 0 spiro atoms. The second kappa shape index (κ2) is 4.12. The highest BCUT2D eigenvalue weighted by molar-refractivity contribution is 9.10. The number of aryl methyl sites for hydroxylation is 1. The maximum Gasteiger partial charge on any atom is 0.332 e. The zero-order valence-corrected chi connectivity index (χ0v) is 11.1. The van der Waals surface area contributed by atoms with Gasteiger partial charge in [0, 0.05) is 11.5 Å². The van der Waals surface area contributed by atoms with E-state index in [1.165, 1.54) is 4.57 Å². The smallest absolute Gasteiger partial charge is 0.311 e. The average Bonchev–Trinajstić information content (AvgIpc) is 2.25. The molecule has 90 valence electrons. The van der Waals surface area contributed by atoms with Crippen LogP contribution in [0.5, 0.6) is 0 Å². The summed E-state index contributed by atoms with van der Waals surface area (Å²) in [5.74, 6) is 0. The third-order valence-corrected chi connectivity index (χ3v) is 3.16. The first-order valence-electron chi connectivity index (χ1n) is 5.10. The molecular formula is C11H12BrN3O2. The van der Waals surface area contributed by atoms with Gasteiger partial charge in [0.2, 0.25) is 0 Å². The molecule has 2 rings (SSSR count). The molecule has 0 aliphatic rings. The van der Waals surface area contributed by atoms with E-state index in [1.807, 2.05) is 0 Å². The van der Waals surface area contributed by atoms with Crippen LogP contribution in [0.15, 0.2) is 32.3 Å². The zero-order valence-electron chi connectivity index (χ0n) is 9.48. The minimum Gasteiger partial charge on any atom is -0.311 e. The highest BCUT2D eigenvalue weighted by Gasteiger charge is 2.13. The van der Waals surface area contributed by atoms with Crippen molar-refractivity contribution >= 4 is 26.8 Å². The second-order valence-electron chi connectivity index (χ2n) is 3.92. The van der Waals surface area contributed by atoms with E-state index in [4.69, 9.17) is 5.73 Å². The molecular weight excluding hydrogens is 286 g/mol. The monoisotopic (exact) mass is 297 g/mol. The zero-order chi connectivity index (χ0) is 12.7. The largest absolute Gasteiger partial charge is 0.332 e. The number of hydrogen-bond donors (Lipinski definition) is 1. The highest BCUT2D eigenvalue weighted by atomic mass is 79.9. The van der Waals surface area contributed by atoms with Gasteiger partial charge < -0.3 is 5.73 Å². The molecule has 5 nitrogen and oxygen atoms in total. The standard InChI is InChI=1S/C11H12BrN3O2/c1-6(13)15-10(16)8-4-3-7(12)5-9(8)14(2)11(15)17/h3-6H,13H2,1-2H3. The Bertz CT molecular complexity index is 700. The molecule has 6 heteroatoms. The molecule has 1 aromatic heterocycles. The van der Waals surface area contributed by atoms with E-state index in [0.717, 1.165) is 9.04 Å². The average molecular weight is 298 g/mol. The Labute approximate surface area is 106 Å². The molecule has 1 heterocycles. The fourth-order valence-corrected chi connectivity index (χ4v) is 2.15. The first kappa shape index (κ1) is 12.1. The van der Waals surface area contributed by atoms with Crippen LogP contribution in [0.4, 0.5) is 0 Å². The predicted octanol–water partition coefficient (Wildman–Crippen LogP) is 0.940. The van der Waals surface area contributed by atoms with E-state index in [0.29, 0.717) is 10.9 Å². The van der Waals surface area contributed by atoms with Gasteiger partial charge in [-0.05, 0) is 25.1 Å². The molecule has 0 amide bonds. The lowest BCUT2D eigenvalue weighted by Gasteiger charge is -2.13. The van der Waals surface area contributed by atoms with Gasteiger partial charge in [-0.3, -0.25) is 9.36 Å². The molecule has 17 heavy (non-hydrogen) atoms. The summed E-state index contributed by atoms with van der Waals surface area (Å²) in [5.41, 5.74) is 5.47. The van der Waals surface area contributed by atoms with Crippen LogP contribution < -0.4 is 17.0 Å². The molecule has 0 aliphatic carbocycles. The Kier molecular flexibility index (Phi) is 2.92. The number of aromatic nitrogens is 2. The quantitative estimate of drug-likeness (QED) is 0.852. The van der Waals surface area contributed by atoms with Gasteiger partial charge in [-0.25, -0.2) is 9.36 Å². The van der Waals surface area contributed by atoms with Gasteiger partial charge in [0.05, 0.1) is 17.1 Å². The fourth-order valence-electron chi connectivity index (χ4n) is 1.80. The van der Waals surface area contributed by atoms with Gasteiger partial charge in [0.15, 0.2) is 0 Å². The van der Waals surface area contributed by atoms with Gasteiger partial charge in [-0.1, -0.05) is 15.9 Å². The van der Waals surface area contributed by atoms with Crippen molar-refractivity contribution in [1.82, 2.24) is 9.13 Å². The summed E-state index contributed by atoms with van der Waals surface area (Å²) in [6.07, 6.45) is -0.644. The van der Waals surface area contributed by atoms with Crippen molar-refractivity contribution in [3.8, 4) is 0 Å². The van der Waals surface area contributed by atoms with Crippen molar-refractivity contribution in [3.63, 3.8) is 0 Å². The normalized spacial score (nSPS) is 12.9. The van der Waals surface area contributed by atoms with Crippen LogP contribution in [0, 0.1) is 0 Å². The highest BCUT2D eigenvalue weighted by Crippen LogP contribution is 2.15. The molecule has 1 unspecified atom stereocenters. The maximum atomic E-state index is 12.1. The number of hydrogen-bond acceptors (Lipinski definition) is 3. The van der Waals surface area contributed by atoms with Crippen molar-refractivity contribution in [2.45, 2.75) is 13.1 Å². The summed E-state index contributed by atoms with van der Waals surface area (Å²) in [4.78, 5) is 24.1. The molecule has 0 aliphatic heterocycles. The molecule has 1 atom stereocenters. The van der Waals surface area contributed by atoms with Crippen LogP contribution in [0.2, 0.25) is 0 Å². The van der Waals surface area contributed by atoms with E-state index < -0.39 is 11.9 Å². The van der Waals surface area contributed by atoms with Crippen LogP contribution in [0.3, 0.4) is 0 Å². The Balaban J connectivity index is 3.06. The van der Waals surface area contributed by atoms with E-state index >= 15 is 0 Å². The van der Waals surface area contributed by atoms with Crippen LogP contribution in [0.25, 0.3) is 10.9 Å². The van der Waals surface area contributed by atoms with Gasteiger partial charge in [-0.2, -0.15) is 0 Å². The van der Waals surface area contributed by atoms with Crippen molar-refractivity contribution in [3.05, 3.63) is 43.5 Å². The SMILES string of the molecule is CC(N)n1c(=O)c2ccc(Br)cc2n(C)c1=O. The van der Waals surface area contributed by atoms with Gasteiger partial charge in [-0.15, -0.1) is 0 Å². The fraction of sp³-hybridized carbons (Fsp3) is 0.273. The summed E-state index contributed by atoms with van der Waals surface area (Å²) >= 11 is 3.31. The van der Waals surface area contributed by atoms with Gasteiger partial charge >= 0.3 is 5.69 Å². The molecule has 2 aromatic rings. The maximum absolute atomic E-state index is 12.1. The summed E-state index contributed by atoms with van der Waals surface area (Å²) < 4.78 is 3.29. The lowest BCUT2D eigenvalue weighted by molar-refractivity contribution is 0.511. The summed E-state index contributed by atoms with van der Waals surface area (Å²) in [7, 11) is 1.62. The van der Waals surface area contributed by atoms with Crippen LogP contribution in [-0.4, -0.2) is 9.13 Å². The van der Waals surface area contributed by atoms with Crippen molar-refractivity contribution in [2.24, 2.45) is 12.8 Å². The Hall–Kier alpha value is -1.40. The molecule has 0 fully saturated rings. The first-order valence-corrected chi connectivity index (χ1v) is 5.89. The topological polar surface area (TPSA) is 70.0 Å². The van der Waals surface area contributed by atoms with Crippen LogP contribution in [-0.2, 0) is 7.05 Å². The molecule has 1 aromatic carbocycles. The third-order valence-electron chi connectivity index (χ3n) is 2.67.